The van der Waals surface area contributed by atoms with Crippen LogP contribution in [-0.4, -0.2) is 43.6 Å². The molecule has 2 aromatic carbocycles. The number of anilines is 2. The number of urea groups is 1. The predicted octanol–water partition coefficient (Wildman–Crippen LogP) is 3.51. The van der Waals surface area contributed by atoms with Gasteiger partial charge in [0, 0.05) is 30.5 Å². The molecule has 0 radical (unpaired) electrons. The molecule has 3 amide bonds. The number of rotatable bonds is 5. The van der Waals surface area contributed by atoms with E-state index in [1.807, 2.05) is 0 Å². The molecule has 1 saturated heterocycles. The van der Waals surface area contributed by atoms with Crippen molar-refractivity contribution in [2.24, 2.45) is 0 Å². The Balaban J connectivity index is 1.62. The molecular formula is C18H16ClF2N3O3. The molecule has 0 spiro atoms. The van der Waals surface area contributed by atoms with Crippen molar-refractivity contribution < 1.29 is 23.1 Å². The maximum Gasteiger partial charge on any atom is 0.325 e. The van der Waals surface area contributed by atoms with Gasteiger partial charge in [-0.05, 0) is 30.3 Å². The van der Waals surface area contributed by atoms with Crippen molar-refractivity contribution in [2.45, 2.75) is 0 Å². The van der Waals surface area contributed by atoms with Crippen LogP contribution in [0.1, 0.15) is 0 Å². The van der Waals surface area contributed by atoms with Crippen molar-refractivity contribution in [2.75, 3.05) is 37.0 Å². The minimum Gasteiger partial charge on any atom is -0.495 e. The molecule has 9 heteroatoms. The third kappa shape index (κ3) is 4.11. The van der Waals surface area contributed by atoms with E-state index in [-0.39, 0.29) is 25.3 Å². The fourth-order valence-corrected chi connectivity index (χ4v) is 3.00. The first-order chi connectivity index (χ1) is 12.9. The second kappa shape index (κ2) is 7.79. The zero-order valence-corrected chi connectivity index (χ0v) is 15.1. The van der Waals surface area contributed by atoms with E-state index in [2.05, 4.69) is 5.32 Å². The molecular weight excluding hydrogens is 380 g/mol. The normalized spacial score (nSPS) is 13.9. The number of carbonyl (C=O) groups is 2. The molecule has 0 atom stereocenters. The van der Waals surface area contributed by atoms with E-state index >= 15 is 0 Å². The number of nitrogens with zero attached hydrogens (tertiary/aromatic N) is 2. The highest BCUT2D eigenvalue weighted by atomic mass is 35.5. The maximum absolute atomic E-state index is 13.4. The quantitative estimate of drug-likeness (QED) is 0.842. The number of hydrogen-bond acceptors (Lipinski definition) is 3. The zero-order chi connectivity index (χ0) is 19.6. The third-order valence-electron chi connectivity index (χ3n) is 4.08. The fraction of sp³-hybridized carbons (Fsp3) is 0.222. The molecule has 1 fully saturated rings. The Labute approximate surface area is 159 Å². The van der Waals surface area contributed by atoms with Gasteiger partial charge in [-0.2, -0.15) is 0 Å². The summed E-state index contributed by atoms with van der Waals surface area (Å²) in [5.74, 6) is -1.95. The maximum atomic E-state index is 13.4. The van der Waals surface area contributed by atoms with Crippen molar-refractivity contribution in [3.63, 3.8) is 0 Å². The summed E-state index contributed by atoms with van der Waals surface area (Å²) in [4.78, 5) is 27.3. The lowest BCUT2D eigenvalue weighted by Crippen LogP contribution is -2.37. The van der Waals surface area contributed by atoms with E-state index < -0.39 is 23.6 Å². The lowest BCUT2D eigenvalue weighted by atomic mass is 10.3. The summed E-state index contributed by atoms with van der Waals surface area (Å²) in [6.45, 7) is 0.378. The van der Waals surface area contributed by atoms with Crippen molar-refractivity contribution in [1.82, 2.24) is 4.90 Å². The number of amides is 3. The average molecular weight is 396 g/mol. The second-order valence-electron chi connectivity index (χ2n) is 5.85. The second-order valence-corrected chi connectivity index (χ2v) is 6.26. The lowest BCUT2D eigenvalue weighted by Gasteiger charge is -2.18. The van der Waals surface area contributed by atoms with E-state index in [1.54, 1.807) is 12.1 Å². The van der Waals surface area contributed by atoms with Crippen molar-refractivity contribution in [3.8, 4) is 5.75 Å². The van der Waals surface area contributed by atoms with Gasteiger partial charge in [-0.3, -0.25) is 9.69 Å². The Hall–Kier alpha value is -2.87. The van der Waals surface area contributed by atoms with Crippen molar-refractivity contribution >= 4 is 34.9 Å². The predicted molar refractivity (Wildman–Crippen MR) is 97.3 cm³/mol. The van der Waals surface area contributed by atoms with Gasteiger partial charge < -0.3 is 15.0 Å². The molecule has 1 N–H and O–H groups in total. The molecule has 0 unspecified atom stereocenters. The van der Waals surface area contributed by atoms with E-state index in [1.165, 1.54) is 29.0 Å². The van der Waals surface area contributed by atoms with E-state index in [9.17, 15) is 18.4 Å². The SMILES string of the molecule is COc1ccc(NC(=O)CN2CCN(c3ccc(F)c(F)c3)C2=O)cc1Cl. The lowest BCUT2D eigenvalue weighted by molar-refractivity contribution is -0.116. The topological polar surface area (TPSA) is 61.9 Å². The van der Waals surface area contributed by atoms with Crippen LogP contribution >= 0.6 is 11.6 Å². The first-order valence-electron chi connectivity index (χ1n) is 8.04. The number of hydrogen-bond donors (Lipinski definition) is 1. The third-order valence-corrected chi connectivity index (χ3v) is 4.38. The highest BCUT2D eigenvalue weighted by Crippen LogP contribution is 2.27. The number of methoxy groups -OCH3 is 1. The molecule has 1 heterocycles. The molecule has 0 aliphatic carbocycles. The number of carbonyl (C=O) groups excluding carboxylic acids is 2. The van der Waals surface area contributed by atoms with Gasteiger partial charge in [0.15, 0.2) is 11.6 Å². The monoisotopic (exact) mass is 395 g/mol. The van der Waals surface area contributed by atoms with Gasteiger partial charge in [0.25, 0.3) is 0 Å². The standard InChI is InChI=1S/C18H16ClF2N3O3/c1-27-16-5-2-11(8-13(16)19)22-17(25)10-23-6-7-24(18(23)26)12-3-4-14(20)15(21)9-12/h2-5,8-9H,6-7,10H2,1H3,(H,22,25). The zero-order valence-electron chi connectivity index (χ0n) is 14.3. The van der Waals surface area contributed by atoms with Gasteiger partial charge in [0.05, 0.1) is 12.1 Å². The smallest absolute Gasteiger partial charge is 0.325 e. The molecule has 2 aromatic rings. The molecule has 6 nitrogen and oxygen atoms in total. The summed E-state index contributed by atoms with van der Waals surface area (Å²) >= 11 is 6.01. The largest absolute Gasteiger partial charge is 0.495 e. The van der Waals surface area contributed by atoms with E-state index in [0.717, 1.165) is 12.1 Å². The average Bonchev–Trinajstić information content (AvgIpc) is 2.98. The number of halogens is 3. The van der Waals surface area contributed by atoms with Crippen LogP contribution in [0, 0.1) is 11.6 Å². The minimum absolute atomic E-state index is 0.178. The molecule has 27 heavy (non-hydrogen) atoms. The van der Waals surface area contributed by atoms with Crippen LogP contribution in [0.4, 0.5) is 25.0 Å². The summed E-state index contributed by atoms with van der Waals surface area (Å²) in [5.41, 5.74) is 0.707. The molecule has 142 valence electrons. The van der Waals surface area contributed by atoms with Gasteiger partial charge in [-0.1, -0.05) is 11.6 Å². The van der Waals surface area contributed by atoms with Crippen LogP contribution in [-0.2, 0) is 4.79 Å². The summed E-state index contributed by atoms with van der Waals surface area (Å²) in [6, 6.07) is 7.56. The Morgan fingerprint density at radius 1 is 1.19 bits per heavy atom. The number of nitrogens with one attached hydrogen (secondary N) is 1. The molecule has 1 aliphatic rings. The summed E-state index contributed by atoms with van der Waals surface area (Å²) in [6.07, 6.45) is 0. The molecule has 3 rings (SSSR count). The number of ether oxygens (including phenoxy) is 1. The van der Waals surface area contributed by atoms with Gasteiger partial charge in [0.1, 0.15) is 12.3 Å². The highest BCUT2D eigenvalue weighted by molar-refractivity contribution is 6.32. The van der Waals surface area contributed by atoms with Crippen LogP contribution in [0.2, 0.25) is 5.02 Å². The molecule has 0 aromatic heterocycles. The minimum atomic E-state index is -1.03. The summed E-state index contributed by atoms with van der Waals surface area (Å²) in [5, 5.41) is 3.00. The highest BCUT2D eigenvalue weighted by Gasteiger charge is 2.31. The molecule has 0 bridgehead atoms. The summed E-state index contributed by atoms with van der Waals surface area (Å²) < 4.78 is 31.5. The Bertz CT molecular complexity index is 894. The van der Waals surface area contributed by atoms with Gasteiger partial charge in [0.2, 0.25) is 5.91 Å². The fourth-order valence-electron chi connectivity index (χ4n) is 2.74. The van der Waals surface area contributed by atoms with Crippen molar-refractivity contribution in [1.29, 1.82) is 0 Å². The van der Waals surface area contributed by atoms with Crippen LogP contribution in [0.3, 0.4) is 0 Å². The van der Waals surface area contributed by atoms with Crippen LogP contribution in [0.15, 0.2) is 36.4 Å². The van der Waals surface area contributed by atoms with E-state index in [0.29, 0.717) is 16.5 Å². The number of benzene rings is 2. The van der Waals surface area contributed by atoms with Gasteiger partial charge in [-0.25, -0.2) is 13.6 Å². The Kier molecular flexibility index (Phi) is 5.46. The van der Waals surface area contributed by atoms with Crippen molar-refractivity contribution in [3.05, 3.63) is 53.1 Å². The first kappa shape index (κ1) is 18.9. The Morgan fingerprint density at radius 3 is 2.63 bits per heavy atom. The van der Waals surface area contributed by atoms with Crippen LogP contribution < -0.4 is 15.0 Å². The molecule has 0 saturated carbocycles. The van der Waals surface area contributed by atoms with E-state index in [4.69, 9.17) is 16.3 Å². The van der Waals surface area contributed by atoms with Gasteiger partial charge >= 0.3 is 6.03 Å². The summed E-state index contributed by atoms with van der Waals surface area (Å²) in [7, 11) is 1.48. The molecule has 1 aliphatic heterocycles. The Morgan fingerprint density at radius 2 is 1.96 bits per heavy atom. The first-order valence-corrected chi connectivity index (χ1v) is 8.41. The van der Waals surface area contributed by atoms with Gasteiger partial charge in [-0.15, -0.1) is 0 Å². The van der Waals surface area contributed by atoms with Crippen LogP contribution in [0.5, 0.6) is 5.75 Å². The van der Waals surface area contributed by atoms with Crippen LogP contribution in [0.25, 0.3) is 0 Å².